The van der Waals surface area contributed by atoms with Crippen molar-refractivity contribution in [2.45, 2.75) is 46.3 Å². The predicted molar refractivity (Wildman–Crippen MR) is 100 cm³/mol. The van der Waals surface area contributed by atoms with Gasteiger partial charge < -0.3 is 19.9 Å². The molecule has 26 heavy (non-hydrogen) atoms. The van der Waals surface area contributed by atoms with Gasteiger partial charge in [-0.3, -0.25) is 4.79 Å². The van der Waals surface area contributed by atoms with Gasteiger partial charge in [0, 0.05) is 39.3 Å². The van der Waals surface area contributed by atoms with Gasteiger partial charge in [-0.2, -0.15) is 0 Å². The maximum atomic E-state index is 12.5. The third-order valence-corrected chi connectivity index (χ3v) is 5.34. The van der Waals surface area contributed by atoms with Crippen LogP contribution in [-0.2, 0) is 16.1 Å². The highest BCUT2D eigenvalue weighted by Gasteiger charge is 2.31. The summed E-state index contributed by atoms with van der Waals surface area (Å²) in [5, 5.41) is 3.03. The molecule has 2 fully saturated rings. The Morgan fingerprint density at radius 1 is 1.08 bits per heavy atom. The van der Waals surface area contributed by atoms with Crippen LogP contribution in [0.2, 0.25) is 0 Å². The summed E-state index contributed by atoms with van der Waals surface area (Å²) in [5.41, 5.74) is 4.82. The number of amides is 3. The Morgan fingerprint density at radius 2 is 1.69 bits per heavy atom. The number of hydrogen-bond donors (Lipinski definition) is 1. The van der Waals surface area contributed by atoms with Crippen molar-refractivity contribution < 1.29 is 14.3 Å². The number of rotatable bonds is 3. The average molecular weight is 359 g/mol. The van der Waals surface area contributed by atoms with Crippen LogP contribution in [0.5, 0.6) is 0 Å². The molecule has 6 heteroatoms. The van der Waals surface area contributed by atoms with Gasteiger partial charge in [-0.1, -0.05) is 17.7 Å². The van der Waals surface area contributed by atoms with Gasteiger partial charge >= 0.3 is 6.03 Å². The van der Waals surface area contributed by atoms with E-state index >= 15 is 0 Å². The minimum absolute atomic E-state index is 0.0615. The van der Waals surface area contributed by atoms with Crippen molar-refractivity contribution in [1.82, 2.24) is 15.1 Å². The second-order valence-corrected chi connectivity index (χ2v) is 7.35. The van der Waals surface area contributed by atoms with Gasteiger partial charge in [-0.25, -0.2) is 4.79 Å². The van der Waals surface area contributed by atoms with Crippen LogP contribution in [-0.4, -0.2) is 60.6 Å². The fourth-order valence-electron chi connectivity index (χ4n) is 3.87. The van der Waals surface area contributed by atoms with Crippen LogP contribution >= 0.6 is 0 Å². The Hall–Kier alpha value is -2.08. The summed E-state index contributed by atoms with van der Waals surface area (Å²) in [4.78, 5) is 28.5. The van der Waals surface area contributed by atoms with Gasteiger partial charge in [0.2, 0.25) is 0 Å². The highest BCUT2D eigenvalue weighted by molar-refractivity contribution is 5.81. The minimum atomic E-state index is -0.275. The van der Waals surface area contributed by atoms with Crippen LogP contribution in [0, 0.1) is 20.8 Å². The molecule has 0 saturated carbocycles. The lowest BCUT2D eigenvalue weighted by Gasteiger charge is -2.35. The van der Waals surface area contributed by atoms with Crippen molar-refractivity contribution >= 4 is 11.9 Å². The summed E-state index contributed by atoms with van der Waals surface area (Å²) >= 11 is 0. The van der Waals surface area contributed by atoms with Crippen LogP contribution < -0.4 is 5.32 Å². The molecule has 3 rings (SSSR count). The van der Waals surface area contributed by atoms with Crippen molar-refractivity contribution in [2.24, 2.45) is 0 Å². The van der Waals surface area contributed by atoms with Crippen molar-refractivity contribution in [3.05, 3.63) is 34.4 Å². The highest BCUT2D eigenvalue weighted by Crippen LogP contribution is 2.17. The molecule has 2 heterocycles. The molecule has 1 atom stereocenters. The SMILES string of the molecule is Cc1cc(C)c(CNC(=O)N2CCN(C(=O)C3CCCO3)CC2)c(C)c1. The first kappa shape index (κ1) is 18.7. The third-order valence-electron chi connectivity index (χ3n) is 5.34. The monoisotopic (exact) mass is 359 g/mol. The molecule has 0 radical (unpaired) electrons. The van der Waals surface area contributed by atoms with Crippen molar-refractivity contribution in [2.75, 3.05) is 32.8 Å². The number of carbonyl (C=O) groups is 2. The molecule has 2 saturated heterocycles. The van der Waals surface area contributed by atoms with Gasteiger partial charge in [-0.15, -0.1) is 0 Å². The molecule has 1 N–H and O–H groups in total. The first-order valence-corrected chi connectivity index (χ1v) is 9.45. The zero-order valence-corrected chi connectivity index (χ0v) is 16.0. The third kappa shape index (κ3) is 4.18. The number of urea groups is 1. The lowest BCUT2D eigenvalue weighted by Crippen LogP contribution is -2.54. The number of piperazine rings is 1. The van der Waals surface area contributed by atoms with Crippen molar-refractivity contribution in [3.8, 4) is 0 Å². The summed E-state index contributed by atoms with van der Waals surface area (Å²) in [6.45, 7) is 9.74. The number of aryl methyl sites for hydroxylation is 3. The van der Waals surface area contributed by atoms with E-state index in [1.807, 2.05) is 4.90 Å². The van der Waals surface area contributed by atoms with E-state index in [1.165, 1.54) is 22.3 Å². The zero-order chi connectivity index (χ0) is 18.7. The molecule has 0 spiro atoms. The zero-order valence-electron chi connectivity index (χ0n) is 16.0. The van der Waals surface area contributed by atoms with E-state index in [-0.39, 0.29) is 18.0 Å². The first-order valence-electron chi connectivity index (χ1n) is 9.45. The molecule has 1 aromatic rings. The van der Waals surface area contributed by atoms with E-state index in [0.29, 0.717) is 39.3 Å². The van der Waals surface area contributed by atoms with Crippen LogP contribution in [0.15, 0.2) is 12.1 Å². The molecule has 6 nitrogen and oxygen atoms in total. The van der Waals surface area contributed by atoms with Gasteiger partial charge in [0.25, 0.3) is 5.91 Å². The molecule has 0 bridgehead atoms. The smallest absolute Gasteiger partial charge is 0.317 e. The van der Waals surface area contributed by atoms with E-state index in [2.05, 4.69) is 38.2 Å². The Morgan fingerprint density at radius 3 is 2.27 bits per heavy atom. The van der Waals surface area contributed by atoms with E-state index in [1.54, 1.807) is 4.90 Å². The van der Waals surface area contributed by atoms with Crippen LogP contribution in [0.3, 0.4) is 0 Å². The molecule has 142 valence electrons. The lowest BCUT2D eigenvalue weighted by molar-refractivity contribution is -0.142. The summed E-state index contributed by atoms with van der Waals surface area (Å²) in [7, 11) is 0. The quantitative estimate of drug-likeness (QED) is 0.899. The molecule has 3 amide bonds. The second kappa shape index (κ2) is 8.08. The summed E-state index contributed by atoms with van der Waals surface area (Å²) in [6, 6.07) is 4.22. The number of nitrogens with zero attached hydrogens (tertiary/aromatic N) is 2. The fourth-order valence-corrected chi connectivity index (χ4v) is 3.87. The van der Waals surface area contributed by atoms with Gasteiger partial charge in [0.15, 0.2) is 0 Å². The van der Waals surface area contributed by atoms with Crippen LogP contribution in [0.25, 0.3) is 0 Å². The fraction of sp³-hybridized carbons (Fsp3) is 0.600. The molecule has 0 aromatic heterocycles. The Balaban J connectivity index is 1.49. The number of ether oxygens (including phenoxy) is 1. The predicted octanol–water partition coefficient (Wildman–Crippen LogP) is 2.14. The largest absolute Gasteiger partial charge is 0.368 e. The normalized spacial score (nSPS) is 20.3. The highest BCUT2D eigenvalue weighted by atomic mass is 16.5. The molecule has 2 aliphatic heterocycles. The van der Waals surface area contributed by atoms with Gasteiger partial charge in [0.05, 0.1) is 0 Å². The minimum Gasteiger partial charge on any atom is -0.368 e. The molecule has 2 aliphatic rings. The van der Waals surface area contributed by atoms with Crippen LogP contribution in [0.4, 0.5) is 4.79 Å². The maximum Gasteiger partial charge on any atom is 0.317 e. The summed E-state index contributed by atoms with van der Waals surface area (Å²) in [5.74, 6) is 0.0773. The molecule has 0 aliphatic carbocycles. The Kier molecular flexibility index (Phi) is 5.81. The van der Waals surface area contributed by atoms with Crippen molar-refractivity contribution in [3.63, 3.8) is 0 Å². The van der Waals surface area contributed by atoms with Gasteiger partial charge in [0.1, 0.15) is 6.10 Å². The lowest BCUT2D eigenvalue weighted by atomic mass is 10.00. The van der Waals surface area contributed by atoms with Crippen LogP contribution in [0.1, 0.15) is 35.1 Å². The molecular formula is C20H29N3O3. The molecule has 1 unspecified atom stereocenters. The second-order valence-electron chi connectivity index (χ2n) is 7.35. The van der Waals surface area contributed by atoms with E-state index in [9.17, 15) is 9.59 Å². The number of hydrogen-bond acceptors (Lipinski definition) is 3. The number of carbonyl (C=O) groups excluding carboxylic acids is 2. The Bertz CT molecular complexity index is 652. The maximum absolute atomic E-state index is 12.5. The van der Waals surface area contributed by atoms with Crippen molar-refractivity contribution in [1.29, 1.82) is 0 Å². The Labute approximate surface area is 155 Å². The van der Waals surface area contributed by atoms with E-state index in [0.717, 1.165) is 12.8 Å². The summed E-state index contributed by atoms with van der Waals surface area (Å²) < 4.78 is 5.48. The summed E-state index contributed by atoms with van der Waals surface area (Å²) in [6.07, 6.45) is 1.49. The van der Waals surface area contributed by atoms with Gasteiger partial charge in [-0.05, 0) is 50.3 Å². The van der Waals surface area contributed by atoms with E-state index < -0.39 is 0 Å². The number of nitrogens with one attached hydrogen (secondary N) is 1. The average Bonchev–Trinajstić information content (AvgIpc) is 3.14. The standard InChI is InChI=1S/C20H29N3O3/c1-14-11-15(2)17(16(3)12-14)13-21-20(25)23-8-6-22(7-9-23)19(24)18-5-4-10-26-18/h11-12,18H,4-10,13H2,1-3H3,(H,21,25). The number of benzene rings is 1. The molecular weight excluding hydrogens is 330 g/mol. The first-order chi connectivity index (χ1) is 12.5. The topological polar surface area (TPSA) is 61.9 Å². The van der Waals surface area contributed by atoms with E-state index in [4.69, 9.17) is 4.74 Å². The molecule has 1 aromatic carbocycles.